The molecule has 3 rings (SSSR count). The van der Waals surface area contributed by atoms with Crippen LogP contribution in [0.15, 0.2) is 42.7 Å². The van der Waals surface area contributed by atoms with Crippen LogP contribution in [0.2, 0.25) is 0 Å². The van der Waals surface area contributed by atoms with E-state index in [1.807, 2.05) is 12.1 Å². The number of nitrogens with zero attached hydrogens (tertiary/aromatic N) is 3. The minimum atomic E-state index is -0.0459. The van der Waals surface area contributed by atoms with Gasteiger partial charge in [0.1, 0.15) is 12.3 Å². The Balaban J connectivity index is 1.65. The quantitative estimate of drug-likeness (QED) is 0.814. The Morgan fingerprint density at radius 3 is 2.72 bits per heavy atom. The fraction of sp³-hybridized carbons (Fsp3) is 0.444. The maximum Gasteiger partial charge on any atom is 0.241 e. The second kappa shape index (κ2) is 8.64. The topological polar surface area (TPSA) is 68.6 Å². The molecule has 1 fully saturated rings. The molecule has 1 aromatic heterocycles. The maximum atomic E-state index is 12.2. The lowest BCUT2D eigenvalue weighted by Gasteiger charge is -2.35. The Morgan fingerprint density at radius 2 is 2.08 bits per heavy atom. The van der Waals surface area contributed by atoms with Crippen molar-refractivity contribution < 1.29 is 14.3 Å². The molecule has 25 heavy (non-hydrogen) atoms. The summed E-state index contributed by atoms with van der Waals surface area (Å²) in [5.74, 6) is 0.780. The first kappa shape index (κ1) is 17.4. The average molecular weight is 344 g/mol. The van der Waals surface area contributed by atoms with Crippen molar-refractivity contribution in [3.05, 3.63) is 48.3 Å². The number of methoxy groups -OCH3 is 1. The Hall–Kier alpha value is -2.38. The maximum absolute atomic E-state index is 12.2. The molecule has 7 nitrogen and oxygen atoms in total. The molecule has 134 valence electrons. The molecular formula is C18H24N4O3. The largest absolute Gasteiger partial charge is 0.497 e. The van der Waals surface area contributed by atoms with Gasteiger partial charge in [0.05, 0.1) is 26.4 Å². The number of carbonyl (C=O) groups excluding carboxylic acids is 1. The van der Waals surface area contributed by atoms with Crippen molar-refractivity contribution in [2.75, 3.05) is 40.0 Å². The molecule has 1 N–H and O–H groups in total. The van der Waals surface area contributed by atoms with Crippen LogP contribution in [0.4, 0.5) is 0 Å². The SMILES string of the molecule is COc1ccc([C@@H](CNC(=O)Cn2cccn2)N2CCOCC2)cc1. The molecule has 1 amide bonds. The van der Waals surface area contributed by atoms with Crippen LogP contribution in [-0.2, 0) is 16.1 Å². The van der Waals surface area contributed by atoms with E-state index in [2.05, 4.69) is 27.4 Å². The van der Waals surface area contributed by atoms with Crippen molar-refractivity contribution in [2.24, 2.45) is 0 Å². The summed E-state index contributed by atoms with van der Waals surface area (Å²) in [6.45, 7) is 3.91. The van der Waals surface area contributed by atoms with Gasteiger partial charge in [0.25, 0.3) is 0 Å². The predicted octanol–water partition coefficient (Wildman–Crippen LogP) is 1.08. The highest BCUT2D eigenvalue weighted by Crippen LogP contribution is 2.23. The fourth-order valence-electron chi connectivity index (χ4n) is 2.98. The van der Waals surface area contributed by atoms with Gasteiger partial charge in [0.2, 0.25) is 5.91 Å². The molecule has 2 aromatic rings. The molecule has 1 aromatic carbocycles. The number of aromatic nitrogens is 2. The summed E-state index contributed by atoms with van der Waals surface area (Å²) < 4.78 is 12.3. The summed E-state index contributed by atoms with van der Waals surface area (Å²) in [6.07, 6.45) is 3.45. The Morgan fingerprint density at radius 1 is 1.32 bits per heavy atom. The lowest BCUT2D eigenvalue weighted by atomic mass is 10.0. The van der Waals surface area contributed by atoms with Crippen molar-refractivity contribution in [1.82, 2.24) is 20.0 Å². The lowest BCUT2D eigenvalue weighted by Crippen LogP contribution is -2.44. The number of carbonyl (C=O) groups is 1. The van der Waals surface area contributed by atoms with E-state index in [0.29, 0.717) is 19.8 Å². The minimum absolute atomic E-state index is 0.0459. The van der Waals surface area contributed by atoms with Gasteiger partial charge in [0.15, 0.2) is 0 Å². The molecule has 0 spiro atoms. The van der Waals surface area contributed by atoms with Crippen LogP contribution < -0.4 is 10.1 Å². The van der Waals surface area contributed by atoms with Gasteiger partial charge in [-0.05, 0) is 23.8 Å². The van der Waals surface area contributed by atoms with Crippen LogP contribution in [0.5, 0.6) is 5.75 Å². The monoisotopic (exact) mass is 344 g/mol. The van der Waals surface area contributed by atoms with Gasteiger partial charge in [-0.15, -0.1) is 0 Å². The van der Waals surface area contributed by atoms with Gasteiger partial charge in [-0.3, -0.25) is 14.4 Å². The summed E-state index contributed by atoms with van der Waals surface area (Å²) >= 11 is 0. The van der Waals surface area contributed by atoms with Gasteiger partial charge in [-0.1, -0.05) is 12.1 Å². The summed E-state index contributed by atoms with van der Waals surface area (Å²) in [5, 5.41) is 7.10. The van der Waals surface area contributed by atoms with Gasteiger partial charge in [-0.25, -0.2) is 0 Å². The van der Waals surface area contributed by atoms with Crippen LogP contribution in [0.1, 0.15) is 11.6 Å². The summed E-state index contributed by atoms with van der Waals surface area (Å²) in [4.78, 5) is 14.5. The molecule has 0 radical (unpaired) electrons. The van der Waals surface area contributed by atoms with E-state index < -0.39 is 0 Å². The van der Waals surface area contributed by atoms with Crippen LogP contribution >= 0.6 is 0 Å². The fourth-order valence-corrected chi connectivity index (χ4v) is 2.98. The third-order valence-electron chi connectivity index (χ3n) is 4.34. The number of benzene rings is 1. The molecule has 1 saturated heterocycles. The summed E-state index contributed by atoms with van der Waals surface area (Å²) in [7, 11) is 1.66. The molecule has 0 aliphatic carbocycles. The van der Waals surface area contributed by atoms with Gasteiger partial charge < -0.3 is 14.8 Å². The van der Waals surface area contributed by atoms with Crippen molar-refractivity contribution in [1.29, 1.82) is 0 Å². The van der Waals surface area contributed by atoms with Crippen molar-refractivity contribution in [3.8, 4) is 5.75 Å². The summed E-state index contributed by atoms with van der Waals surface area (Å²) in [5.41, 5.74) is 1.15. The van der Waals surface area contributed by atoms with E-state index >= 15 is 0 Å². The first-order valence-corrected chi connectivity index (χ1v) is 8.46. The second-order valence-corrected chi connectivity index (χ2v) is 5.95. The van der Waals surface area contributed by atoms with Gasteiger partial charge in [-0.2, -0.15) is 5.10 Å². The highest BCUT2D eigenvalue weighted by molar-refractivity contribution is 5.75. The lowest BCUT2D eigenvalue weighted by molar-refractivity contribution is -0.122. The van der Waals surface area contributed by atoms with E-state index in [9.17, 15) is 4.79 Å². The molecule has 1 aliphatic heterocycles. The van der Waals surface area contributed by atoms with E-state index in [4.69, 9.17) is 9.47 Å². The van der Waals surface area contributed by atoms with E-state index in [1.165, 1.54) is 0 Å². The number of morpholine rings is 1. The first-order chi connectivity index (χ1) is 12.3. The number of amides is 1. The first-order valence-electron chi connectivity index (χ1n) is 8.46. The highest BCUT2D eigenvalue weighted by atomic mass is 16.5. The number of ether oxygens (including phenoxy) is 2. The molecule has 1 aliphatic rings. The van der Waals surface area contributed by atoms with Crippen molar-refractivity contribution in [2.45, 2.75) is 12.6 Å². The number of rotatable bonds is 7. The Bertz CT molecular complexity index is 651. The molecule has 2 heterocycles. The molecular weight excluding hydrogens is 320 g/mol. The van der Waals surface area contributed by atoms with Crippen LogP contribution in [0.25, 0.3) is 0 Å². The zero-order chi connectivity index (χ0) is 17.5. The van der Waals surface area contributed by atoms with Gasteiger partial charge >= 0.3 is 0 Å². The zero-order valence-corrected chi connectivity index (χ0v) is 14.4. The van der Waals surface area contributed by atoms with Gasteiger partial charge in [0, 0.05) is 32.0 Å². The Kier molecular flexibility index (Phi) is 6.03. The third kappa shape index (κ3) is 4.80. The zero-order valence-electron chi connectivity index (χ0n) is 14.4. The Labute approximate surface area is 147 Å². The minimum Gasteiger partial charge on any atom is -0.497 e. The van der Waals surface area contributed by atoms with Crippen molar-refractivity contribution >= 4 is 5.91 Å². The predicted molar refractivity (Wildman–Crippen MR) is 93.4 cm³/mol. The average Bonchev–Trinajstić information content (AvgIpc) is 3.16. The number of hydrogen-bond donors (Lipinski definition) is 1. The van der Waals surface area contributed by atoms with Crippen LogP contribution in [0, 0.1) is 0 Å². The summed E-state index contributed by atoms with van der Waals surface area (Å²) in [6, 6.07) is 9.93. The van der Waals surface area contributed by atoms with Crippen LogP contribution in [-0.4, -0.2) is 60.5 Å². The molecule has 0 unspecified atom stereocenters. The number of hydrogen-bond acceptors (Lipinski definition) is 5. The number of nitrogens with one attached hydrogen (secondary N) is 1. The molecule has 0 saturated carbocycles. The normalized spacial score (nSPS) is 16.4. The standard InChI is InChI=1S/C18H24N4O3/c1-24-16-5-3-15(4-6-16)17(21-9-11-25-12-10-21)13-19-18(23)14-22-8-2-7-20-22/h2-8,17H,9-14H2,1H3,(H,19,23)/t17-/m1/s1. The highest BCUT2D eigenvalue weighted by Gasteiger charge is 2.23. The molecule has 0 bridgehead atoms. The third-order valence-corrected chi connectivity index (χ3v) is 4.34. The molecule has 7 heteroatoms. The van der Waals surface area contributed by atoms with E-state index in [1.54, 1.807) is 30.3 Å². The van der Waals surface area contributed by atoms with E-state index in [0.717, 1.165) is 24.4 Å². The van der Waals surface area contributed by atoms with Crippen molar-refractivity contribution in [3.63, 3.8) is 0 Å². The smallest absolute Gasteiger partial charge is 0.241 e. The van der Waals surface area contributed by atoms with Crippen LogP contribution in [0.3, 0.4) is 0 Å². The van der Waals surface area contributed by atoms with E-state index in [-0.39, 0.29) is 18.5 Å². The second-order valence-electron chi connectivity index (χ2n) is 5.95. The molecule has 1 atom stereocenters.